The Hall–Kier alpha value is -4.08. The van der Waals surface area contributed by atoms with Crippen molar-refractivity contribution in [1.82, 2.24) is 25.7 Å². The largest absolute Gasteiger partial charge is 0.366 e. The first-order valence-corrected chi connectivity index (χ1v) is 9.66. The van der Waals surface area contributed by atoms with Crippen molar-refractivity contribution in [3.8, 4) is 11.4 Å². The molecular formula is C21H19FN6O3. The fourth-order valence-electron chi connectivity index (χ4n) is 3.01. The van der Waals surface area contributed by atoms with Gasteiger partial charge in [-0.15, -0.1) is 0 Å². The van der Waals surface area contributed by atoms with Crippen molar-refractivity contribution < 1.29 is 13.7 Å². The van der Waals surface area contributed by atoms with Gasteiger partial charge in [-0.05, 0) is 30.3 Å². The van der Waals surface area contributed by atoms with Crippen molar-refractivity contribution in [3.05, 3.63) is 70.6 Å². The minimum Gasteiger partial charge on any atom is -0.366 e. The first kappa shape index (κ1) is 20.2. The number of halogens is 1. The third-order valence-electron chi connectivity index (χ3n) is 4.57. The van der Waals surface area contributed by atoms with Gasteiger partial charge in [-0.2, -0.15) is 10.1 Å². The molecule has 0 saturated heterocycles. The van der Waals surface area contributed by atoms with Crippen LogP contribution in [-0.2, 0) is 11.2 Å². The van der Waals surface area contributed by atoms with E-state index in [0.29, 0.717) is 53.4 Å². The van der Waals surface area contributed by atoms with Gasteiger partial charge in [0.2, 0.25) is 17.6 Å². The lowest BCUT2D eigenvalue weighted by Crippen LogP contribution is -2.29. The predicted octanol–water partition coefficient (Wildman–Crippen LogP) is 2.27. The topological polar surface area (TPSA) is 126 Å². The molecule has 10 heteroatoms. The molecule has 158 valence electrons. The molecule has 0 unspecified atom stereocenters. The van der Waals surface area contributed by atoms with Crippen LogP contribution >= 0.6 is 0 Å². The van der Waals surface area contributed by atoms with E-state index in [0.717, 1.165) is 0 Å². The summed E-state index contributed by atoms with van der Waals surface area (Å²) in [5.74, 6) is 0.714. The Labute approximate surface area is 175 Å². The van der Waals surface area contributed by atoms with Crippen molar-refractivity contribution in [2.24, 2.45) is 0 Å². The zero-order valence-electron chi connectivity index (χ0n) is 16.4. The summed E-state index contributed by atoms with van der Waals surface area (Å²) in [5, 5.41) is 17.5. The van der Waals surface area contributed by atoms with Crippen LogP contribution in [0.15, 0.2) is 57.8 Å². The number of hydrogen-bond acceptors (Lipinski definition) is 7. The normalized spacial score (nSPS) is 10.9. The van der Waals surface area contributed by atoms with Crippen LogP contribution < -0.4 is 16.2 Å². The second-order valence-electron chi connectivity index (χ2n) is 6.74. The van der Waals surface area contributed by atoms with E-state index in [1.807, 2.05) is 12.1 Å². The van der Waals surface area contributed by atoms with Gasteiger partial charge in [0.15, 0.2) is 5.82 Å². The fourth-order valence-corrected chi connectivity index (χ4v) is 3.01. The molecule has 2 aromatic carbocycles. The highest BCUT2D eigenvalue weighted by Crippen LogP contribution is 2.17. The van der Waals surface area contributed by atoms with Gasteiger partial charge in [0.25, 0.3) is 5.56 Å². The van der Waals surface area contributed by atoms with Crippen molar-refractivity contribution in [1.29, 1.82) is 0 Å². The maximum atomic E-state index is 13.0. The zero-order valence-corrected chi connectivity index (χ0v) is 16.4. The van der Waals surface area contributed by atoms with Crippen LogP contribution in [0.3, 0.4) is 0 Å². The molecule has 31 heavy (non-hydrogen) atoms. The van der Waals surface area contributed by atoms with Crippen molar-refractivity contribution in [2.45, 2.75) is 12.8 Å². The number of nitrogens with one attached hydrogen (secondary N) is 3. The zero-order chi connectivity index (χ0) is 21.6. The lowest BCUT2D eigenvalue weighted by molar-refractivity contribution is -0.121. The summed E-state index contributed by atoms with van der Waals surface area (Å²) in [6, 6.07) is 12.9. The summed E-state index contributed by atoms with van der Waals surface area (Å²) in [4.78, 5) is 28.1. The minimum atomic E-state index is -0.344. The molecule has 0 atom stereocenters. The van der Waals surface area contributed by atoms with Crippen LogP contribution in [0.5, 0.6) is 0 Å². The van der Waals surface area contributed by atoms with Gasteiger partial charge in [-0.25, -0.2) is 9.49 Å². The van der Waals surface area contributed by atoms with E-state index >= 15 is 0 Å². The van der Waals surface area contributed by atoms with Crippen LogP contribution in [0.2, 0.25) is 0 Å². The lowest BCUT2D eigenvalue weighted by atomic mass is 10.2. The third-order valence-corrected chi connectivity index (χ3v) is 4.57. The van der Waals surface area contributed by atoms with Gasteiger partial charge in [-0.1, -0.05) is 23.4 Å². The number of rotatable bonds is 8. The number of amides is 1. The molecule has 1 amide bonds. The number of anilines is 1. The summed E-state index contributed by atoms with van der Waals surface area (Å²) >= 11 is 0. The van der Waals surface area contributed by atoms with Crippen LogP contribution in [0.25, 0.3) is 22.2 Å². The Morgan fingerprint density at radius 2 is 1.84 bits per heavy atom. The van der Waals surface area contributed by atoms with E-state index in [1.54, 1.807) is 24.3 Å². The van der Waals surface area contributed by atoms with E-state index in [-0.39, 0.29) is 23.7 Å². The Kier molecular flexibility index (Phi) is 5.97. The highest BCUT2D eigenvalue weighted by atomic mass is 19.1. The third kappa shape index (κ3) is 4.92. The quantitative estimate of drug-likeness (QED) is 0.372. The first-order chi connectivity index (χ1) is 15.1. The van der Waals surface area contributed by atoms with E-state index in [2.05, 4.69) is 31.0 Å². The first-order valence-electron chi connectivity index (χ1n) is 9.66. The van der Waals surface area contributed by atoms with E-state index in [1.165, 1.54) is 12.1 Å². The molecule has 9 nitrogen and oxygen atoms in total. The standard InChI is InChI=1S/C21H19FN6O3/c22-14-7-5-13(6-8-14)19-25-18(31-28-19)10-9-17(29)23-11-12-24-20-15-3-1-2-4-16(15)21(30)27-26-20/h1-8H,9-12H2,(H,23,29)(H,24,26)(H,27,30). The Balaban J connectivity index is 1.23. The summed E-state index contributed by atoms with van der Waals surface area (Å²) in [6.45, 7) is 0.808. The minimum absolute atomic E-state index is 0.164. The van der Waals surface area contributed by atoms with Crippen LogP contribution in [0.4, 0.5) is 10.2 Å². The molecule has 2 aromatic heterocycles. The average Bonchev–Trinajstić information content (AvgIpc) is 3.26. The number of carbonyl (C=O) groups is 1. The molecule has 0 radical (unpaired) electrons. The molecule has 4 rings (SSSR count). The SMILES string of the molecule is O=C(CCc1nc(-c2ccc(F)cc2)no1)NCCNc1n[nH]c(=O)c2ccccc12. The van der Waals surface area contributed by atoms with E-state index in [4.69, 9.17) is 4.52 Å². The molecule has 0 aliphatic carbocycles. The fraction of sp³-hybridized carbons (Fsp3) is 0.190. The maximum Gasteiger partial charge on any atom is 0.272 e. The van der Waals surface area contributed by atoms with Gasteiger partial charge in [0.05, 0.1) is 5.39 Å². The Bertz CT molecular complexity index is 1250. The molecule has 0 saturated carbocycles. The molecule has 2 heterocycles. The molecule has 0 spiro atoms. The second-order valence-corrected chi connectivity index (χ2v) is 6.74. The van der Waals surface area contributed by atoms with E-state index in [9.17, 15) is 14.0 Å². The van der Waals surface area contributed by atoms with Gasteiger partial charge in [-0.3, -0.25) is 9.59 Å². The number of benzene rings is 2. The van der Waals surface area contributed by atoms with Crippen LogP contribution in [0.1, 0.15) is 12.3 Å². The summed E-state index contributed by atoms with van der Waals surface area (Å²) in [5.41, 5.74) is 0.383. The Morgan fingerprint density at radius 3 is 2.65 bits per heavy atom. The number of aryl methyl sites for hydroxylation is 1. The van der Waals surface area contributed by atoms with Gasteiger partial charge in [0.1, 0.15) is 5.82 Å². The summed E-state index contributed by atoms with van der Waals surface area (Å²) in [6.07, 6.45) is 0.477. The second kappa shape index (κ2) is 9.16. The molecule has 3 N–H and O–H groups in total. The number of aromatic amines is 1. The van der Waals surface area contributed by atoms with Crippen LogP contribution in [-0.4, -0.2) is 39.3 Å². The highest BCUT2D eigenvalue weighted by Gasteiger charge is 2.11. The number of aromatic nitrogens is 4. The van der Waals surface area contributed by atoms with Crippen LogP contribution in [0, 0.1) is 5.82 Å². The predicted molar refractivity (Wildman–Crippen MR) is 112 cm³/mol. The smallest absolute Gasteiger partial charge is 0.272 e. The highest BCUT2D eigenvalue weighted by molar-refractivity contribution is 5.90. The van der Waals surface area contributed by atoms with Gasteiger partial charge >= 0.3 is 0 Å². The summed E-state index contributed by atoms with van der Waals surface area (Å²) < 4.78 is 18.1. The number of H-pyrrole nitrogens is 1. The van der Waals surface area contributed by atoms with Crippen molar-refractivity contribution >= 4 is 22.5 Å². The molecule has 0 fully saturated rings. The molecule has 0 bridgehead atoms. The van der Waals surface area contributed by atoms with Crippen molar-refractivity contribution in [3.63, 3.8) is 0 Å². The molecule has 0 aliphatic heterocycles. The molecular weight excluding hydrogens is 403 g/mol. The molecule has 0 aliphatic rings. The van der Waals surface area contributed by atoms with Crippen molar-refractivity contribution in [2.75, 3.05) is 18.4 Å². The Morgan fingerprint density at radius 1 is 1.06 bits per heavy atom. The number of hydrogen-bond donors (Lipinski definition) is 3. The van der Waals surface area contributed by atoms with Gasteiger partial charge < -0.3 is 15.2 Å². The summed E-state index contributed by atoms with van der Waals surface area (Å²) in [7, 11) is 0. The number of fused-ring (bicyclic) bond motifs is 1. The van der Waals surface area contributed by atoms with Gasteiger partial charge in [0, 0.05) is 36.9 Å². The lowest BCUT2D eigenvalue weighted by Gasteiger charge is -2.08. The number of carbonyl (C=O) groups excluding carboxylic acids is 1. The average molecular weight is 422 g/mol. The molecule has 4 aromatic rings. The monoisotopic (exact) mass is 422 g/mol. The number of nitrogens with zero attached hydrogens (tertiary/aromatic N) is 3. The maximum absolute atomic E-state index is 13.0. The van der Waals surface area contributed by atoms with E-state index < -0.39 is 0 Å².